The Hall–Kier alpha value is -8.66. The molecule has 1 aliphatic heterocycles. The summed E-state index contributed by atoms with van der Waals surface area (Å²) in [6, 6.07) is 80.5. The van der Waals surface area contributed by atoms with Crippen molar-refractivity contribution in [3.63, 3.8) is 0 Å². The third-order valence-corrected chi connectivity index (χ3v) is 15.3. The van der Waals surface area contributed by atoms with Crippen LogP contribution in [0.5, 0.6) is 0 Å². The molecule has 4 aliphatic rings. The van der Waals surface area contributed by atoms with Crippen molar-refractivity contribution >= 4 is 50.3 Å². The van der Waals surface area contributed by atoms with Gasteiger partial charge in [0.1, 0.15) is 11.2 Å². The molecular formula is C67H48N2O. The van der Waals surface area contributed by atoms with Gasteiger partial charge in [0.05, 0.1) is 11.5 Å². The number of anilines is 4. The summed E-state index contributed by atoms with van der Waals surface area (Å²) in [6.45, 7) is 0. The van der Waals surface area contributed by atoms with Gasteiger partial charge in [0.15, 0.2) is 0 Å². The van der Waals surface area contributed by atoms with Crippen molar-refractivity contribution < 1.29 is 4.42 Å². The maximum Gasteiger partial charge on any atom is 0.137 e. The highest BCUT2D eigenvalue weighted by atomic mass is 16.3. The number of nitrogens with zero attached hydrogens (tertiary/aromatic N) is 2. The van der Waals surface area contributed by atoms with Crippen LogP contribution < -0.4 is 9.80 Å². The van der Waals surface area contributed by atoms with Crippen molar-refractivity contribution in [2.75, 3.05) is 9.80 Å². The van der Waals surface area contributed by atoms with Gasteiger partial charge < -0.3 is 14.2 Å². The van der Waals surface area contributed by atoms with Crippen molar-refractivity contribution in [3.8, 4) is 22.3 Å². The van der Waals surface area contributed by atoms with Gasteiger partial charge >= 0.3 is 0 Å². The molecule has 0 radical (unpaired) electrons. The lowest BCUT2D eigenvalue weighted by Gasteiger charge is -2.34. The predicted octanol–water partition coefficient (Wildman–Crippen LogP) is 17.2. The van der Waals surface area contributed by atoms with Crippen molar-refractivity contribution in [1.29, 1.82) is 0 Å². The fourth-order valence-corrected chi connectivity index (χ4v) is 12.2. The first kappa shape index (κ1) is 40.4. The molecular weight excluding hydrogens is 849 g/mol. The molecule has 0 saturated heterocycles. The fourth-order valence-electron chi connectivity index (χ4n) is 12.2. The average molecular weight is 897 g/mol. The van der Waals surface area contributed by atoms with Crippen LogP contribution in [0.25, 0.3) is 49.8 Å². The molecule has 14 rings (SSSR count). The molecule has 332 valence electrons. The molecule has 2 atom stereocenters. The van der Waals surface area contributed by atoms with Gasteiger partial charge in [-0.3, -0.25) is 0 Å². The number of rotatable bonds is 8. The zero-order chi connectivity index (χ0) is 46.2. The highest BCUT2D eigenvalue weighted by molar-refractivity contribution is 6.06. The van der Waals surface area contributed by atoms with Crippen molar-refractivity contribution in [2.45, 2.75) is 30.2 Å². The SMILES string of the molecule is C1=CC(N2c3ccccc3C3C=C(c4cccc(-c5cccc(N(c6ccc7c(c6)-c6ccccc6C7(c6ccccc6)c6ccccc6)c6ccc7c(c6)oc6ccccc67)c5)c4)C=CC32)=CCC1. The quantitative estimate of drug-likeness (QED) is 0.152. The molecule has 70 heavy (non-hydrogen) atoms. The van der Waals surface area contributed by atoms with Gasteiger partial charge in [0.25, 0.3) is 0 Å². The number of benzene rings is 9. The van der Waals surface area contributed by atoms with Gasteiger partial charge in [-0.05, 0) is 135 Å². The van der Waals surface area contributed by atoms with Crippen molar-refractivity contribution in [3.05, 3.63) is 294 Å². The van der Waals surface area contributed by atoms with E-state index in [2.05, 4.69) is 259 Å². The second-order valence-electron chi connectivity index (χ2n) is 19.0. The molecule has 3 heteroatoms. The Morgan fingerprint density at radius 3 is 2.00 bits per heavy atom. The highest BCUT2D eigenvalue weighted by Gasteiger charge is 2.46. The summed E-state index contributed by atoms with van der Waals surface area (Å²) in [5.74, 6) is 0.266. The molecule has 0 amide bonds. The molecule has 10 aromatic rings. The summed E-state index contributed by atoms with van der Waals surface area (Å²) < 4.78 is 6.56. The Balaban J connectivity index is 0.893. The van der Waals surface area contributed by atoms with E-state index in [0.717, 1.165) is 57.4 Å². The lowest BCUT2D eigenvalue weighted by Crippen LogP contribution is -2.32. The normalized spacial score (nSPS) is 17.2. The zero-order valence-electron chi connectivity index (χ0n) is 38.6. The Morgan fingerprint density at radius 2 is 1.16 bits per heavy atom. The van der Waals surface area contributed by atoms with Crippen LogP contribution in [0.15, 0.2) is 265 Å². The smallest absolute Gasteiger partial charge is 0.137 e. The summed E-state index contributed by atoms with van der Waals surface area (Å²) in [7, 11) is 0. The fraction of sp³-hybridized carbons (Fsp3) is 0.0746. The maximum absolute atomic E-state index is 6.56. The zero-order valence-corrected chi connectivity index (χ0v) is 38.6. The minimum absolute atomic E-state index is 0.251. The molecule has 3 aliphatic carbocycles. The van der Waals surface area contributed by atoms with E-state index in [0.29, 0.717) is 0 Å². The molecule has 0 bridgehead atoms. The maximum atomic E-state index is 6.56. The number of furan rings is 1. The molecule has 0 N–H and O–H groups in total. The molecule has 3 nitrogen and oxygen atoms in total. The van der Waals surface area contributed by atoms with E-state index in [9.17, 15) is 0 Å². The van der Waals surface area contributed by atoms with E-state index in [1.54, 1.807) is 0 Å². The van der Waals surface area contributed by atoms with Crippen LogP contribution in [0, 0.1) is 0 Å². The largest absolute Gasteiger partial charge is 0.456 e. The Morgan fingerprint density at radius 1 is 0.486 bits per heavy atom. The summed E-state index contributed by atoms with van der Waals surface area (Å²) in [5, 5.41) is 2.23. The van der Waals surface area contributed by atoms with Crippen LogP contribution in [0.4, 0.5) is 22.7 Å². The average Bonchev–Trinajstić information content (AvgIpc) is 4.08. The summed E-state index contributed by atoms with van der Waals surface area (Å²) in [6.07, 6.45) is 16.5. The van der Waals surface area contributed by atoms with E-state index in [1.165, 1.54) is 67.0 Å². The molecule has 0 saturated carbocycles. The number of fused-ring (bicyclic) bond motifs is 9. The number of para-hydroxylation sites is 2. The molecule has 2 unspecified atom stereocenters. The van der Waals surface area contributed by atoms with Gasteiger partial charge in [-0.1, -0.05) is 188 Å². The predicted molar refractivity (Wildman–Crippen MR) is 290 cm³/mol. The van der Waals surface area contributed by atoms with Crippen molar-refractivity contribution in [2.24, 2.45) is 0 Å². The molecule has 9 aromatic carbocycles. The second kappa shape index (κ2) is 16.3. The van der Waals surface area contributed by atoms with Crippen LogP contribution in [0.1, 0.15) is 52.1 Å². The highest BCUT2D eigenvalue weighted by Crippen LogP contribution is 2.57. The minimum atomic E-state index is -0.482. The first-order valence-electron chi connectivity index (χ1n) is 24.6. The topological polar surface area (TPSA) is 19.6 Å². The van der Waals surface area contributed by atoms with Crippen LogP contribution >= 0.6 is 0 Å². The summed E-state index contributed by atoms with van der Waals surface area (Å²) >= 11 is 0. The third-order valence-electron chi connectivity index (χ3n) is 15.3. The van der Waals surface area contributed by atoms with Gasteiger partial charge in [-0.15, -0.1) is 0 Å². The second-order valence-corrected chi connectivity index (χ2v) is 19.0. The van der Waals surface area contributed by atoms with E-state index in [4.69, 9.17) is 4.42 Å². The van der Waals surface area contributed by atoms with E-state index >= 15 is 0 Å². The molecule has 0 fully saturated rings. The first-order chi connectivity index (χ1) is 34.7. The molecule has 2 heterocycles. The van der Waals surface area contributed by atoms with E-state index in [-0.39, 0.29) is 12.0 Å². The lowest BCUT2D eigenvalue weighted by molar-refractivity contribution is 0.669. The van der Waals surface area contributed by atoms with Crippen molar-refractivity contribution in [1.82, 2.24) is 0 Å². The Labute approximate surface area is 408 Å². The summed E-state index contributed by atoms with van der Waals surface area (Å²) in [4.78, 5) is 4.95. The first-order valence-corrected chi connectivity index (χ1v) is 24.6. The lowest BCUT2D eigenvalue weighted by atomic mass is 9.68. The van der Waals surface area contributed by atoms with Crippen LogP contribution in [0.3, 0.4) is 0 Å². The number of hydrogen-bond acceptors (Lipinski definition) is 3. The monoisotopic (exact) mass is 896 g/mol. The standard InChI is InChI=1S/C67H48N2O/c1-4-21-49(22-5-1)67(50-23-6-2-7-24-50)61-31-13-10-28-55(61)59-43-53(36-38-62(59)67)68(54-35-37-58-57-30-12-15-33-65(57)70-66(58)44-54)52-27-17-20-47(41-52)45-18-16-19-46(40-45)48-34-39-64-60(42-48)56-29-11-14-32-63(56)69(64)51-25-8-3-9-26-51/h1-2,4-8,10-44,60,64H,3,9H2. The molecule has 0 spiro atoms. The van der Waals surface area contributed by atoms with Gasteiger partial charge in [0.2, 0.25) is 0 Å². The third kappa shape index (κ3) is 6.28. The Bertz CT molecular complexity index is 3770. The van der Waals surface area contributed by atoms with Crippen LogP contribution in [-0.2, 0) is 5.41 Å². The number of allylic oxidation sites excluding steroid dienone is 5. The van der Waals surface area contributed by atoms with Crippen LogP contribution in [0.2, 0.25) is 0 Å². The minimum Gasteiger partial charge on any atom is -0.456 e. The van der Waals surface area contributed by atoms with E-state index in [1.807, 2.05) is 6.07 Å². The summed E-state index contributed by atoms with van der Waals surface area (Å²) in [5.41, 5.74) is 20.8. The van der Waals surface area contributed by atoms with E-state index < -0.39 is 5.41 Å². The van der Waals surface area contributed by atoms with Gasteiger partial charge in [0, 0.05) is 51.2 Å². The number of hydrogen-bond donors (Lipinski definition) is 0. The Kier molecular flexibility index (Phi) is 9.38. The van der Waals surface area contributed by atoms with Gasteiger partial charge in [-0.25, -0.2) is 0 Å². The molecule has 1 aromatic heterocycles. The van der Waals surface area contributed by atoms with Crippen LogP contribution in [-0.4, -0.2) is 6.04 Å². The van der Waals surface area contributed by atoms with Gasteiger partial charge in [-0.2, -0.15) is 0 Å².